The van der Waals surface area contributed by atoms with Crippen molar-refractivity contribution in [2.75, 3.05) is 6.54 Å². The Labute approximate surface area is 200 Å². The van der Waals surface area contributed by atoms with E-state index < -0.39 is 23.7 Å². The first kappa shape index (κ1) is 23.4. The summed E-state index contributed by atoms with van der Waals surface area (Å²) in [5, 5.41) is 9.56. The van der Waals surface area contributed by atoms with E-state index in [-0.39, 0.29) is 29.4 Å². The summed E-state index contributed by atoms with van der Waals surface area (Å²) in [7, 11) is 0. The van der Waals surface area contributed by atoms with Crippen molar-refractivity contribution in [1.29, 1.82) is 5.26 Å². The SMILES string of the molecule is N#C[C@@H]1CC2CC2N1C(=O)[C@@H](N)C12CC3C[C@H](CC(OC(=O)C(N)CCCN=C(N)N)(C3)C1)C2. The molecule has 0 aromatic heterocycles. The van der Waals surface area contributed by atoms with Crippen molar-refractivity contribution in [3.8, 4) is 6.07 Å². The van der Waals surface area contributed by atoms with Crippen molar-refractivity contribution < 1.29 is 14.3 Å². The van der Waals surface area contributed by atoms with Gasteiger partial charge in [0, 0.05) is 12.6 Å². The Kier molecular flexibility index (Phi) is 5.76. The Hall–Kier alpha value is -2.38. The number of fused-ring (bicyclic) bond motifs is 1. The zero-order valence-corrected chi connectivity index (χ0v) is 19.7. The van der Waals surface area contributed by atoms with Crippen LogP contribution in [-0.2, 0) is 14.3 Å². The molecule has 0 radical (unpaired) electrons. The third-order valence-electron chi connectivity index (χ3n) is 9.07. The Morgan fingerprint density at radius 1 is 1.12 bits per heavy atom. The highest BCUT2D eigenvalue weighted by molar-refractivity contribution is 5.84. The van der Waals surface area contributed by atoms with Crippen LogP contribution in [0.2, 0.25) is 0 Å². The number of nitrogens with two attached hydrogens (primary N) is 4. The van der Waals surface area contributed by atoms with Crippen LogP contribution in [-0.4, -0.2) is 59.0 Å². The molecule has 0 aromatic carbocycles. The number of carbonyl (C=O) groups excluding carboxylic acids is 2. The molecule has 8 N–H and O–H groups in total. The maximum Gasteiger partial charge on any atom is 0.323 e. The third kappa shape index (κ3) is 4.03. The second kappa shape index (κ2) is 8.38. The number of aliphatic imine (C=N–C) groups is 1. The van der Waals surface area contributed by atoms with E-state index >= 15 is 0 Å². The number of hydrogen-bond donors (Lipinski definition) is 4. The predicted molar refractivity (Wildman–Crippen MR) is 125 cm³/mol. The van der Waals surface area contributed by atoms with Gasteiger partial charge in [-0.3, -0.25) is 14.6 Å². The lowest BCUT2D eigenvalue weighted by atomic mass is 9.46. The summed E-state index contributed by atoms with van der Waals surface area (Å²) < 4.78 is 6.16. The molecule has 5 saturated carbocycles. The topological polar surface area (TPSA) is 187 Å². The first-order valence-corrected chi connectivity index (χ1v) is 12.7. The highest BCUT2D eigenvalue weighted by atomic mass is 16.6. The number of guanidine groups is 1. The molecule has 10 heteroatoms. The minimum Gasteiger partial charge on any atom is -0.458 e. The highest BCUT2D eigenvalue weighted by Gasteiger charge is 2.64. The van der Waals surface area contributed by atoms with Crippen molar-refractivity contribution in [2.45, 2.75) is 94.0 Å². The lowest BCUT2D eigenvalue weighted by molar-refractivity contribution is -0.207. The van der Waals surface area contributed by atoms with E-state index in [4.69, 9.17) is 27.7 Å². The van der Waals surface area contributed by atoms with Gasteiger partial charge in [0.2, 0.25) is 5.91 Å². The average molecular weight is 472 g/mol. The van der Waals surface area contributed by atoms with Gasteiger partial charge in [0.25, 0.3) is 0 Å². The zero-order chi connectivity index (χ0) is 24.3. The van der Waals surface area contributed by atoms with Crippen LogP contribution >= 0.6 is 0 Å². The molecule has 0 spiro atoms. The monoisotopic (exact) mass is 471 g/mol. The summed E-state index contributed by atoms with van der Waals surface area (Å²) in [5.74, 6) is 0.782. The largest absolute Gasteiger partial charge is 0.458 e. The highest BCUT2D eigenvalue weighted by Crippen LogP contribution is 2.64. The first-order valence-electron chi connectivity index (χ1n) is 12.7. The van der Waals surface area contributed by atoms with E-state index in [9.17, 15) is 14.9 Å². The number of ether oxygens (including phenoxy) is 1. The second-order valence-electron chi connectivity index (χ2n) is 11.6. The molecule has 1 amide bonds. The summed E-state index contributed by atoms with van der Waals surface area (Å²) in [4.78, 5) is 32.2. The average Bonchev–Trinajstić information content (AvgIpc) is 3.43. The summed E-state index contributed by atoms with van der Waals surface area (Å²) in [6.45, 7) is 0.417. The normalized spacial score (nSPS) is 40.7. The number of nitrogens with zero attached hydrogens (tertiary/aromatic N) is 3. The van der Waals surface area contributed by atoms with Crippen molar-refractivity contribution in [3.63, 3.8) is 0 Å². The van der Waals surface area contributed by atoms with E-state index in [1.807, 2.05) is 0 Å². The zero-order valence-electron chi connectivity index (χ0n) is 19.7. The molecule has 10 nitrogen and oxygen atoms in total. The Morgan fingerprint density at radius 2 is 1.82 bits per heavy atom. The van der Waals surface area contributed by atoms with E-state index in [0.29, 0.717) is 43.6 Å². The van der Waals surface area contributed by atoms with Gasteiger partial charge in [0.15, 0.2) is 5.96 Å². The number of nitriles is 1. The molecule has 1 aliphatic heterocycles. The molecule has 1 heterocycles. The number of piperidine rings is 1. The van der Waals surface area contributed by atoms with Gasteiger partial charge < -0.3 is 32.6 Å². The van der Waals surface area contributed by atoms with Gasteiger partial charge in [-0.2, -0.15) is 5.26 Å². The second-order valence-corrected chi connectivity index (χ2v) is 11.6. The molecule has 6 rings (SSSR count). The van der Waals surface area contributed by atoms with Gasteiger partial charge in [-0.05, 0) is 87.4 Å². The Balaban J connectivity index is 1.27. The lowest BCUT2D eigenvalue weighted by Gasteiger charge is -2.62. The molecule has 1 saturated heterocycles. The van der Waals surface area contributed by atoms with E-state index in [1.165, 1.54) is 0 Å². The van der Waals surface area contributed by atoms with Crippen LogP contribution in [0.15, 0.2) is 4.99 Å². The number of esters is 1. The van der Waals surface area contributed by atoms with Crippen molar-refractivity contribution in [1.82, 2.24) is 4.90 Å². The van der Waals surface area contributed by atoms with E-state index in [1.54, 1.807) is 4.90 Å². The fourth-order valence-electron chi connectivity index (χ4n) is 7.97. The number of carbonyl (C=O) groups is 2. The molecule has 186 valence electrons. The summed E-state index contributed by atoms with van der Waals surface area (Å²) in [6, 6.07) is 0.720. The van der Waals surface area contributed by atoms with Crippen molar-refractivity contribution >= 4 is 17.8 Å². The van der Waals surface area contributed by atoms with Crippen molar-refractivity contribution in [2.24, 2.45) is 51.1 Å². The van der Waals surface area contributed by atoms with Crippen LogP contribution < -0.4 is 22.9 Å². The molecule has 6 aliphatic rings. The van der Waals surface area contributed by atoms with Crippen LogP contribution in [0.1, 0.15) is 64.2 Å². The third-order valence-corrected chi connectivity index (χ3v) is 9.07. The standard InChI is InChI=1S/C24H37N7O3/c25-11-16-5-15-6-18(15)31(16)20(32)19(27)23-7-13-4-14(8-23)10-24(9-13,12-23)34-21(33)17(26)2-1-3-30-22(28)29/h13-19H,1-10,12,26-27H2,(H4,28,29,30)/t13-,14?,15?,16-,17?,18?,19+,23?,24?/m0/s1. The molecular weight excluding hydrogens is 434 g/mol. The molecule has 9 atom stereocenters. The molecule has 6 unspecified atom stereocenters. The summed E-state index contributed by atoms with van der Waals surface area (Å²) in [6.07, 6.45) is 7.88. The Bertz CT molecular complexity index is 912. The number of likely N-dealkylation sites (tertiary alicyclic amines) is 1. The summed E-state index contributed by atoms with van der Waals surface area (Å²) >= 11 is 0. The fraction of sp³-hybridized carbons (Fsp3) is 0.833. The van der Waals surface area contributed by atoms with Gasteiger partial charge in [-0.25, -0.2) is 0 Å². The predicted octanol–water partition coefficient (Wildman–Crippen LogP) is 0.0898. The van der Waals surface area contributed by atoms with Gasteiger partial charge >= 0.3 is 5.97 Å². The van der Waals surface area contributed by atoms with Crippen LogP contribution in [0, 0.1) is 34.5 Å². The molecule has 0 aromatic rings. The lowest BCUT2D eigenvalue weighted by Crippen LogP contribution is -2.66. The van der Waals surface area contributed by atoms with Crippen LogP contribution in [0.5, 0.6) is 0 Å². The minimum atomic E-state index is -0.735. The molecule has 4 bridgehead atoms. The minimum absolute atomic E-state index is 0.0214. The van der Waals surface area contributed by atoms with Crippen LogP contribution in [0.4, 0.5) is 0 Å². The fourth-order valence-corrected chi connectivity index (χ4v) is 7.97. The quantitative estimate of drug-likeness (QED) is 0.166. The van der Waals surface area contributed by atoms with Crippen LogP contribution in [0.25, 0.3) is 0 Å². The van der Waals surface area contributed by atoms with Gasteiger partial charge in [0.05, 0.1) is 12.1 Å². The van der Waals surface area contributed by atoms with E-state index in [0.717, 1.165) is 44.9 Å². The van der Waals surface area contributed by atoms with Gasteiger partial charge in [-0.1, -0.05) is 0 Å². The molecular formula is C24H37N7O3. The van der Waals surface area contributed by atoms with Gasteiger partial charge in [-0.15, -0.1) is 0 Å². The Morgan fingerprint density at radius 3 is 2.47 bits per heavy atom. The van der Waals surface area contributed by atoms with Crippen LogP contribution in [0.3, 0.4) is 0 Å². The number of rotatable bonds is 8. The molecule has 6 fully saturated rings. The maximum absolute atomic E-state index is 13.6. The molecule has 5 aliphatic carbocycles. The molecule has 34 heavy (non-hydrogen) atoms. The number of hydrogen-bond acceptors (Lipinski definition) is 7. The van der Waals surface area contributed by atoms with E-state index in [2.05, 4.69) is 11.1 Å². The maximum atomic E-state index is 13.6. The number of amides is 1. The smallest absolute Gasteiger partial charge is 0.323 e. The van der Waals surface area contributed by atoms with Crippen molar-refractivity contribution in [3.05, 3.63) is 0 Å². The first-order chi connectivity index (χ1) is 16.2. The van der Waals surface area contributed by atoms with Gasteiger partial charge in [0.1, 0.15) is 17.7 Å². The summed E-state index contributed by atoms with van der Waals surface area (Å²) in [5.41, 5.74) is 22.6.